The molecule has 2 aromatic heterocycles. The van der Waals surface area contributed by atoms with Crippen molar-refractivity contribution in [1.82, 2.24) is 9.99 Å². The molecule has 0 aliphatic heterocycles. The molecule has 0 unspecified atom stereocenters. The van der Waals surface area contributed by atoms with Gasteiger partial charge >= 0.3 is 11.9 Å². The lowest BCUT2D eigenvalue weighted by Crippen LogP contribution is -2.17. The van der Waals surface area contributed by atoms with Crippen molar-refractivity contribution in [3.8, 4) is 22.9 Å². The van der Waals surface area contributed by atoms with Crippen LogP contribution in [0.15, 0.2) is 94.4 Å². The summed E-state index contributed by atoms with van der Waals surface area (Å²) in [5.41, 5.74) is 7.14. The van der Waals surface area contributed by atoms with E-state index in [0.717, 1.165) is 22.6 Å². The predicted molar refractivity (Wildman–Crippen MR) is 169 cm³/mol. The zero-order valence-corrected chi connectivity index (χ0v) is 25.5. The van der Waals surface area contributed by atoms with Crippen LogP contribution in [0.4, 0.5) is 0 Å². The first-order valence-corrected chi connectivity index (χ1v) is 14.2. The van der Waals surface area contributed by atoms with Gasteiger partial charge in [-0.15, -0.1) is 0 Å². The van der Waals surface area contributed by atoms with Gasteiger partial charge in [0.25, 0.3) is 0 Å². The minimum Gasteiger partial charge on any atom is -0.493 e. The Balaban J connectivity index is 1.19. The summed E-state index contributed by atoms with van der Waals surface area (Å²) in [7, 11) is 1.47. The largest absolute Gasteiger partial charge is 0.493 e. The topological polar surface area (TPSA) is 125 Å². The van der Waals surface area contributed by atoms with Crippen molar-refractivity contribution in [2.24, 2.45) is 5.10 Å². The number of halogens is 1. The van der Waals surface area contributed by atoms with Crippen LogP contribution in [0.5, 0.6) is 17.2 Å². The van der Waals surface area contributed by atoms with Crippen LogP contribution in [0.1, 0.15) is 49.2 Å². The van der Waals surface area contributed by atoms with E-state index in [1.165, 1.54) is 31.5 Å². The van der Waals surface area contributed by atoms with E-state index in [4.69, 9.17) is 35.3 Å². The first-order valence-electron chi connectivity index (χ1n) is 13.8. The minimum atomic E-state index is -1.01. The van der Waals surface area contributed by atoms with E-state index in [2.05, 4.69) is 41.1 Å². The number of nitrogens with zero attached hydrogens (tertiary/aromatic N) is 2. The fourth-order valence-corrected chi connectivity index (χ4v) is 4.82. The second kappa shape index (κ2) is 13.9. The molecule has 0 aliphatic carbocycles. The number of amides is 1. The number of rotatable bonds is 12. The van der Waals surface area contributed by atoms with E-state index < -0.39 is 11.9 Å². The molecule has 0 saturated carbocycles. The highest BCUT2D eigenvalue weighted by atomic mass is 35.5. The number of furan rings is 1. The molecular weight excluding hydrogens is 598 g/mol. The van der Waals surface area contributed by atoms with Crippen LogP contribution in [0.2, 0.25) is 5.02 Å². The van der Waals surface area contributed by atoms with E-state index in [1.54, 1.807) is 30.3 Å². The Morgan fingerprint density at radius 2 is 1.64 bits per heavy atom. The van der Waals surface area contributed by atoms with Crippen molar-refractivity contribution >= 4 is 29.7 Å². The molecule has 0 saturated heterocycles. The lowest BCUT2D eigenvalue weighted by atomic mass is 10.1. The second-order valence-corrected chi connectivity index (χ2v) is 10.5. The molecule has 5 rings (SSSR count). The van der Waals surface area contributed by atoms with E-state index in [0.29, 0.717) is 33.6 Å². The monoisotopic (exact) mass is 627 g/mol. The number of carboxylic acids is 1. The molecule has 1 amide bonds. The first kappa shape index (κ1) is 31.0. The highest BCUT2D eigenvalue weighted by Crippen LogP contribution is 2.34. The number of hydrogen-bond donors (Lipinski definition) is 2. The molecule has 0 fully saturated rings. The first-order chi connectivity index (χ1) is 21.7. The smallest absolute Gasteiger partial charge is 0.335 e. The standard InChI is InChI=1S/C34H30ClN3O7/c1-21-4-5-22(2)38(21)27-10-12-28(13-11-27)43-20-29-14-15-30(45-29)33(39)37-36-18-25-16-26(35)17-31(42-3)32(25)44-19-23-6-8-24(9-7-23)34(40)41/h4-18H,19-20H2,1-3H3,(H,37,39)(H,40,41). The lowest BCUT2D eigenvalue weighted by Gasteiger charge is -2.14. The molecule has 230 valence electrons. The Morgan fingerprint density at radius 3 is 2.31 bits per heavy atom. The fourth-order valence-electron chi connectivity index (χ4n) is 4.60. The summed E-state index contributed by atoms with van der Waals surface area (Å²) >= 11 is 6.25. The SMILES string of the molecule is COc1cc(Cl)cc(C=NNC(=O)c2ccc(COc3ccc(-n4c(C)ccc4C)cc3)o2)c1OCc1ccc(C(=O)O)cc1. The van der Waals surface area contributed by atoms with Crippen molar-refractivity contribution < 1.29 is 33.3 Å². The number of methoxy groups -OCH3 is 1. The van der Waals surface area contributed by atoms with E-state index in [-0.39, 0.29) is 24.5 Å². The summed E-state index contributed by atoms with van der Waals surface area (Å²) in [6, 6.07) is 24.6. The molecular formula is C34H30ClN3O7. The van der Waals surface area contributed by atoms with E-state index >= 15 is 0 Å². The van der Waals surface area contributed by atoms with Gasteiger partial charge in [0, 0.05) is 33.7 Å². The quantitative estimate of drug-likeness (QED) is 0.113. The van der Waals surface area contributed by atoms with E-state index in [9.17, 15) is 9.59 Å². The number of carboxylic acid groups (broad SMARTS) is 1. The summed E-state index contributed by atoms with van der Waals surface area (Å²) in [5.74, 6) is 0.321. The highest BCUT2D eigenvalue weighted by Gasteiger charge is 2.15. The number of hydrogen-bond acceptors (Lipinski definition) is 7. The summed E-state index contributed by atoms with van der Waals surface area (Å²) < 4.78 is 25.1. The third-order valence-electron chi connectivity index (χ3n) is 6.85. The number of nitrogens with one attached hydrogen (secondary N) is 1. The van der Waals surface area contributed by atoms with Crippen molar-refractivity contribution in [1.29, 1.82) is 0 Å². The number of carbonyl (C=O) groups is 2. The van der Waals surface area contributed by atoms with Crippen molar-refractivity contribution in [3.05, 3.63) is 130 Å². The van der Waals surface area contributed by atoms with E-state index in [1.807, 2.05) is 24.3 Å². The molecule has 0 bridgehead atoms. The van der Waals surface area contributed by atoms with Gasteiger partial charge in [0.2, 0.25) is 0 Å². The van der Waals surface area contributed by atoms with Gasteiger partial charge in [-0.05, 0) is 86.1 Å². The van der Waals surface area contributed by atoms with Crippen LogP contribution in [0.25, 0.3) is 5.69 Å². The van der Waals surface area contributed by atoms with Gasteiger partial charge < -0.3 is 28.3 Å². The second-order valence-electron chi connectivity index (χ2n) is 10.0. The summed E-state index contributed by atoms with van der Waals surface area (Å²) in [5, 5.41) is 13.5. The van der Waals surface area contributed by atoms with Gasteiger partial charge in [-0.2, -0.15) is 5.10 Å². The molecule has 2 N–H and O–H groups in total. The summed E-state index contributed by atoms with van der Waals surface area (Å²) in [6.45, 7) is 4.38. The molecule has 10 nitrogen and oxygen atoms in total. The number of aromatic nitrogens is 1. The number of aromatic carboxylic acids is 1. The van der Waals surface area contributed by atoms with Gasteiger partial charge in [-0.25, -0.2) is 10.2 Å². The van der Waals surface area contributed by atoms with Crippen molar-refractivity contribution in [2.75, 3.05) is 7.11 Å². The Hall–Kier alpha value is -5.48. The normalized spacial score (nSPS) is 11.0. The molecule has 0 atom stereocenters. The molecule has 45 heavy (non-hydrogen) atoms. The summed E-state index contributed by atoms with van der Waals surface area (Å²) in [4.78, 5) is 23.8. The lowest BCUT2D eigenvalue weighted by molar-refractivity contribution is 0.0696. The average Bonchev–Trinajstić information content (AvgIpc) is 3.65. The van der Waals surface area contributed by atoms with Gasteiger partial charge in [-0.3, -0.25) is 4.79 Å². The molecule has 0 spiro atoms. The van der Waals surface area contributed by atoms with Gasteiger partial charge in [0.05, 0.1) is 18.9 Å². The van der Waals surface area contributed by atoms with Gasteiger partial charge in [-0.1, -0.05) is 23.7 Å². The average molecular weight is 628 g/mol. The maximum Gasteiger partial charge on any atom is 0.335 e. The highest BCUT2D eigenvalue weighted by molar-refractivity contribution is 6.31. The molecule has 0 aliphatic rings. The van der Waals surface area contributed by atoms with Crippen molar-refractivity contribution in [3.63, 3.8) is 0 Å². The summed E-state index contributed by atoms with van der Waals surface area (Å²) in [6.07, 6.45) is 1.38. The predicted octanol–water partition coefficient (Wildman–Crippen LogP) is 6.97. The Kier molecular flexibility index (Phi) is 9.54. The Morgan fingerprint density at radius 1 is 0.933 bits per heavy atom. The van der Waals surface area contributed by atoms with Crippen molar-refractivity contribution in [2.45, 2.75) is 27.1 Å². The van der Waals surface area contributed by atoms with Crippen LogP contribution in [0, 0.1) is 13.8 Å². The third-order valence-corrected chi connectivity index (χ3v) is 7.07. The fraction of sp³-hybridized carbons (Fsp3) is 0.147. The Labute approximate surface area is 264 Å². The number of ether oxygens (including phenoxy) is 3. The van der Waals surface area contributed by atoms with Crippen LogP contribution < -0.4 is 19.6 Å². The molecule has 11 heteroatoms. The van der Waals surface area contributed by atoms with Gasteiger partial charge in [0.15, 0.2) is 17.3 Å². The zero-order valence-electron chi connectivity index (χ0n) is 24.7. The molecule has 0 radical (unpaired) electrons. The number of hydrazone groups is 1. The molecule has 3 aromatic carbocycles. The van der Waals surface area contributed by atoms with Crippen LogP contribution in [0.3, 0.4) is 0 Å². The number of aryl methyl sites for hydroxylation is 2. The van der Waals surface area contributed by atoms with Crippen LogP contribution in [-0.4, -0.2) is 34.9 Å². The maximum absolute atomic E-state index is 12.7. The number of carbonyl (C=O) groups excluding carboxylic acids is 1. The van der Waals surface area contributed by atoms with Crippen LogP contribution in [-0.2, 0) is 13.2 Å². The van der Waals surface area contributed by atoms with Crippen LogP contribution >= 0.6 is 11.6 Å². The minimum absolute atomic E-state index is 0.0598. The Bertz CT molecular complexity index is 1820. The zero-order chi connectivity index (χ0) is 31.9. The third kappa shape index (κ3) is 7.54. The molecule has 2 heterocycles. The molecule has 5 aromatic rings. The van der Waals surface area contributed by atoms with Gasteiger partial charge in [0.1, 0.15) is 24.7 Å². The maximum atomic E-state index is 12.7. The number of benzene rings is 3.